The third kappa shape index (κ3) is 4.58. The number of rotatable bonds is 4. The van der Waals surface area contributed by atoms with Crippen molar-refractivity contribution in [2.24, 2.45) is 0 Å². The highest BCUT2D eigenvalue weighted by Gasteiger charge is 2.33. The molecule has 0 spiro atoms. The molecular formula is C21H18F3N3O4S. The zero-order chi connectivity index (χ0) is 23.0. The van der Waals surface area contributed by atoms with Gasteiger partial charge in [-0.3, -0.25) is 4.79 Å². The minimum Gasteiger partial charge on any atom is -0.478 e. The molecule has 0 unspecified atom stereocenters. The zero-order valence-electron chi connectivity index (χ0n) is 16.5. The van der Waals surface area contributed by atoms with Crippen LogP contribution in [0.15, 0.2) is 30.3 Å². The van der Waals surface area contributed by atoms with Gasteiger partial charge in [0.15, 0.2) is 0 Å². The van der Waals surface area contributed by atoms with Gasteiger partial charge < -0.3 is 15.5 Å². The molecule has 7 nitrogen and oxygen atoms in total. The van der Waals surface area contributed by atoms with Crippen molar-refractivity contribution in [1.29, 1.82) is 0 Å². The number of aliphatic hydroxyl groups excluding tert-OH is 1. The van der Waals surface area contributed by atoms with Gasteiger partial charge in [-0.2, -0.15) is 13.2 Å². The van der Waals surface area contributed by atoms with Crippen LogP contribution in [0.1, 0.15) is 63.1 Å². The van der Waals surface area contributed by atoms with E-state index in [1.165, 1.54) is 23.5 Å². The third-order valence-electron chi connectivity index (χ3n) is 5.34. The van der Waals surface area contributed by atoms with Crippen LogP contribution in [0.3, 0.4) is 0 Å². The first-order chi connectivity index (χ1) is 15.1. The molecule has 1 aliphatic carbocycles. The van der Waals surface area contributed by atoms with Crippen LogP contribution in [0, 0.1) is 0 Å². The van der Waals surface area contributed by atoms with E-state index in [0.717, 1.165) is 36.0 Å². The molecule has 0 radical (unpaired) electrons. The number of aliphatic hydroxyl groups is 1. The number of aromatic carboxylic acids is 1. The van der Waals surface area contributed by atoms with Crippen LogP contribution in [0.5, 0.6) is 0 Å². The first-order valence-corrected chi connectivity index (χ1v) is 10.6. The fourth-order valence-electron chi connectivity index (χ4n) is 3.67. The lowest BCUT2D eigenvalue weighted by atomic mass is 9.88. The van der Waals surface area contributed by atoms with Gasteiger partial charge in [-0.15, -0.1) is 11.3 Å². The lowest BCUT2D eigenvalue weighted by Gasteiger charge is -2.23. The summed E-state index contributed by atoms with van der Waals surface area (Å²) in [6.07, 6.45) is -2.13. The van der Waals surface area contributed by atoms with Crippen LogP contribution in [0.4, 0.5) is 18.9 Å². The standard InChI is InChI=1S/C21H18F3N3O4S/c22-21(23,24)17-3-1-2-13(25-17)18(29)26-14-9-16-15(8-12(14)20(30)31)27-19(32-16)10-4-6-11(28)7-5-10/h1-3,8-11,28H,4-7H2,(H,26,29)(H,30,31). The Labute approximate surface area is 183 Å². The number of hydrogen-bond acceptors (Lipinski definition) is 6. The van der Waals surface area contributed by atoms with Crippen molar-refractivity contribution < 1.29 is 33.0 Å². The molecule has 1 aliphatic rings. The summed E-state index contributed by atoms with van der Waals surface area (Å²) < 4.78 is 39.3. The molecule has 0 saturated heterocycles. The number of anilines is 1. The van der Waals surface area contributed by atoms with Crippen LogP contribution in [0.25, 0.3) is 10.2 Å². The summed E-state index contributed by atoms with van der Waals surface area (Å²) in [5.41, 5.74) is -1.52. The van der Waals surface area contributed by atoms with Gasteiger partial charge in [-0.25, -0.2) is 14.8 Å². The Morgan fingerprint density at radius 3 is 2.47 bits per heavy atom. The Balaban J connectivity index is 1.65. The predicted octanol–water partition coefficient (Wildman–Crippen LogP) is 4.68. The molecule has 0 aliphatic heterocycles. The number of carboxylic acids is 1. The smallest absolute Gasteiger partial charge is 0.433 e. The van der Waals surface area contributed by atoms with E-state index in [1.807, 2.05) is 0 Å². The maximum atomic E-state index is 12.9. The van der Waals surface area contributed by atoms with Gasteiger partial charge in [-0.1, -0.05) is 6.07 Å². The summed E-state index contributed by atoms with van der Waals surface area (Å²) in [6.45, 7) is 0. The van der Waals surface area contributed by atoms with Gasteiger partial charge in [0.2, 0.25) is 0 Å². The number of halogens is 3. The highest BCUT2D eigenvalue weighted by atomic mass is 32.1. The maximum Gasteiger partial charge on any atom is 0.433 e. The summed E-state index contributed by atoms with van der Waals surface area (Å²) in [5.74, 6) is -2.10. The molecule has 2 aromatic heterocycles. The molecule has 4 rings (SSSR count). The molecule has 11 heteroatoms. The number of benzene rings is 1. The van der Waals surface area contributed by atoms with Crippen LogP contribution in [0.2, 0.25) is 0 Å². The van der Waals surface area contributed by atoms with E-state index in [2.05, 4.69) is 15.3 Å². The number of alkyl halides is 3. The average molecular weight is 465 g/mol. The largest absolute Gasteiger partial charge is 0.478 e. The van der Waals surface area contributed by atoms with Gasteiger partial charge in [0, 0.05) is 5.92 Å². The number of fused-ring (bicyclic) bond motifs is 1. The Kier molecular flexibility index (Phi) is 5.87. The molecule has 0 bridgehead atoms. The zero-order valence-corrected chi connectivity index (χ0v) is 17.3. The molecule has 2 heterocycles. The van der Waals surface area contributed by atoms with Crippen molar-refractivity contribution >= 4 is 39.1 Å². The third-order valence-corrected chi connectivity index (χ3v) is 6.52. The van der Waals surface area contributed by atoms with E-state index in [9.17, 15) is 33.0 Å². The van der Waals surface area contributed by atoms with Crippen LogP contribution >= 0.6 is 11.3 Å². The van der Waals surface area contributed by atoms with Crippen molar-refractivity contribution in [3.8, 4) is 0 Å². The second-order valence-electron chi connectivity index (χ2n) is 7.59. The van der Waals surface area contributed by atoms with E-state index in [4.69, 9.17) is 0 Å². The number of carbonyl (C=O) groups is 2. The number of aromatic nitrogens is 2. The monoisotopic (exact) mass is 465 g/mol. The van der Waals surface area contributed by atoms with Crippen molar-refractivity contribution in [3.05, 3.63) is 52.3 Å². The maximum absolute atomic E-state index is 12.9. The lowest BCUT2D eigenvalue weighted by Crippen LogP contribution is -2.18. The Hall–Kier alpha value is -3.05. The molecule has 1 fully saturated rings. The second-order valence-corrected chi connectivity index (χ2v) is 8.65. The minimum atomic E-state index is -4.71. The molecule has 1 amide bonds. The summed E-state index contributed by atoms with van der Waals surface area (Å²) in [6, 6.07) is 5.72. The van der Waals surface area contributed by atoms with E-state index in [0.29, 0.717) is 23.1 Å². The molecule has 32 heavy (non-hydrogen) atoms. The highest BCUT2D eigenvalue weighted by Crippen LogP contribution is 2.38. The number of carbonyl (C=O) groups excluding carboxylic acids is 1. The lowest BCUT2D eigenvalue weighted by molar-refractivity contribution is -0.141. The number of nitrogens with one attached hydrogen (secondary N) is 1. The van der Waals surface area contributed by atoms with Gasteiger partial charge >= 0.3 is 12.1 Å². The van der Waals surface area contributed by atoms with E-state index in [1.54, 1.807) is 0 Å². The molecule has 1 aromatic carbocycles. The van der Waals surface area contributed by atoms with Crippen LogP contribution in [-0.4, -0.2) is 38.2 Å². The summed E-state index contributed by atoms with van der Waals surface area (Å²) in [7, 11) is 0. The summed E-state index contributed by atoms with van der Waals surface area (Å²) in [5, 5.41) is 22.5. The van der Waals surface area contributed by atoms with Gasteiger partial charge in [-0.05, 0) is 49.9 Å². The fraction of sp³-hybridized carbons (Fsp3) is 0.333. The van der Waals surface area contributed by atoms with Crippen molar-refractivity contribution in [1.82, 2.24) is 9.97 Å². The summed E-state index contributed by atoms with van der Waals surface area (Å²) >= 11 is 1.37. The number of nitrogens with zero attached hydrogens (tertiary/aromatic N) is 2. The predicted molar refractivity (Wildman–Crippen MR) is 111 cm³/mol. The van der Waals surface area contributed by atoms with E-state index in [-0.39, 0.29) is 23.3 Å². The molecule has 168 valence electrons. The number of amides is 1. The molecule has 3 N–H and O–H groups in total. The first-order valence-electron chi connectivity index (χ1n) is 9.83. The molecule has 3 aromatic rings. The number of pyridine rings is 1. The second kappa shape index (κ2) is 8.47. The SMILES string of the molecule is O=C(Nc1cc2sc(C3CCC(O)CC3)nc2cc1C(=O)O)c1cccc(C(F)(F)F)n1. The van der Waals surface area contributed by atoms with E-state index >= 15 is 0 Å². The first kappa shape index (κ1) is 22.2. The fourth-order valence-corrected chi connectivity index (χ4v) is 4.83. The Bertz CT molecular complexity index is 1190. The van der Waals surface area contributed by atoms with Crippen LogP contribution in [-0.2, 0) is 6.18 Å². The summed E-state index contributed by atoms with van der Waals surface area (Å²) in [4.78, 5) is 32.1. The minimum absolute atomic E-state index is 0.0523. The quantitative estimate of drug-likeness (QED) is 0.516. The Morgan fingerprint density at radius 2 is 1.81 bits per heavy atom. The number of thiazole rings is 1. The number of hydrogen-bond donors (Lipinski definition) is 3. The Morgan fingerprint density at radius 1 is 1.09 bits per heavy atom. The normalized spacial score (nSPS) is 19.1. The average Bonchev–Trinajstić information content (AvgIpc) is 3.16. The molecule has 1 saturated carbocycles. The van der Waals surface area contributed by atoms with Crippen LogP contribution < -0.4 is 5.32 Å². The van der Waals surface area contributed by atoms with E-state index < -0.39 is 29.4 Å². The topological polar surface area (TPSA) is 112 Å². The van der Waals surface area contributed by atoms with Crippen molar-refractivity contribution in [3.63, 3.8) is 0 Å². The van der Waals surface area contributed by atoms with Crippen molar-refractivity contribution in [2.75, 3.05) is 5.32 Å². The highest BCUT2D eigenvalue weighted by molar-refractivity contribution is 7.18. The molecule has 0 atom stereocenters. The van der Waals surface area contributed by atoms with Crippen molar-refractivity contribution in [2.45, 2.75) is 43.9 Å². The van der Waals surface area contributed by atoms with Gasteiger partial charge in [0.1, 0.15) is 11.4 Å². The van der Waals surface area contributed by atoms with Gasteiger partial charge in [0.05, 0.1) is 32.6 Å². The molecular weight excluding hydrogens is 447 g/mol. The number of carboxylic acid groups (broad SMARTS) is 1. The van der Waals surface area contributed by atoms with Gasteiger partial charge in [0.25, 0.3) is 5.91 Å².